The first kappa shape index (κ1) is 13.0. The third kappa shape index (κ3) is 3.05. The van der Waals surface area contributed by atoms with Crippen LogP contribution in [-0.4, -0.2) is 17.8 Å². The molecule has 0 saturated heterocycles. The number of ether oxygens (including phenoxy) is 1. The van der Waals surface area contributed by atoms with Gasteiger partial charge in [0.05, 0.1) is 17.8 Å². The molecule has 1 aromatic carbocycles. The first-order chi connectivity index (χ1) is 8.68. The van der Waals surface area contributed by atoms with Crippen molar-refractivity contribution in [2.24, 2.45) is 5.92 Å². The normalized spacial score (nSPS) is 11.5. The molecule has 2 rings (SSSR count). The van der Waals surface area contributed by atoms with Crippen molar-refractivity contribution in [3.63, 3.8) is 0 Å². The van der Waals surface area contributed by atoms with E-state index in [1.54, 1.807) is 0 Å². The van der Waals surface area contributed by atoms with Crippen molar-refractivity contribution >= 4 is 16.6 Å². The van der Waals surface area contributed by atoms with Gasteiger partial charge in [0.15, 0.2) is 0 Å². The van der Waals surface area contributed by atoms with Gasteiger partial charge < -0.3 is 15.0 Å². The Labute approximate surface area is 109 Å². The molecule has 0 radical (unpaired) electrons. The molecular weight excluding hydrogens is 224 g/mol. The van der Waals surface area contributed by atoms with Crippen molar-refractivity contribution in [2.45, 2.75) is 26.8 Å². The predicted molar refractivity (Wildman–Crippen MR) is 76.6 cm³/mol. The summed E-state index contributed by atoms with van der Waals surface area (Å²) in [7, 11) is 0. The minimum absolute atomic E-state index is 0.702. The number of anilines is 1. The van der Waals surface area contributed by atoms with Gasteiger partial charge in [0, 0.05) is 24.7 Å². The van der Waals surface area contributed by atoms with Crippen molar-refractivity contribution in [3.05, 3.63) is 30.5 Å². The SMILES string of the molecule is CC(C)CCOCCn1ccc2cccc(N)c21. The Kier molecular flexibility index (Phi) is 4.26. The van der Waals surface area contributed by atoms with Crippen LogP contribution in [0.1, 0.15) is 20.3 Å². The standard InChI is InChI=1S/C15H22N2O/c1-12(2)7-10-18-11-9-17-8-6-13-4-3-5-14(16)15(13)17/h3-6,8,12H,7,9-11,16H2,1-2H3. The largest absolute Gasteiger partial charge is 0.397 e. The number of nitrogen functional groups attached to an aromatic ring is 1. The summed E-state index contributed by atoms with van der Waals surface area (Å²) < 4.78 is 7.81. The van der Waals surface area contributed by atoms with E-state index in [1.807, 2.05) is 12.1 Å². The number of nitrogens with zero attached hydrogens (tertiary/aromatic N) is 1. The molecule has 0 aliphatic heterocycles. The molecule has 98 valence electrons. The predicted octanol–water partition coefficient (Wildman–Crippen LogP) is 3.29. The number of hydrogen-bond acceptors (Lipinski definition) is 2. The molecule has 1 heterocycles. The van der Waals surface area contributed by atoms with Crippen LogP contribution < -0.4 is 5.73 Å². The van der Waals surface area contributed by atoms with E-state index in [1.165, 1.54) is 5.39 Å². The minimum atomic E-state index is 0.702. The van der Waals surface area contributed by atoms with E-state index in [0.717, 1.165) is 37.4 Å². The summed E-state index contributed by atoms with van der Waals surface area (Å²) in [5, 5.41) is 1.19. The lowest BCUT2D eigenvalue weighted by Gasteiger charge is -2.09. The van der Waals surface area contributed by atoms with Crippen molar-refractivity contribution in [3.8, 4) is 0 Å². The van der Waals surface area contributed by atoms with Gasteiger partial charge in [-0.3, -0.25) is 0 Å². The minimum Gasteiger partial charge on any atom is -0.397 e. The summed E-state index contributed by atoms with van der Waals surface area (Å²) in [5.41, 5.74) is 7.96. The number of rotatable bonds is 6. The zero-order chi connectivity index (χ0) is 13.0. The molecule has 2 aromatic rings. The first-order valence-electron chi connectivity index (χ1n) is 6.59. The van der Waals surface area contributed by atoms with Gasteiger partial charge >= 0.3 is 0 Å². The monoisotopic (exact) mass is 246 g/mol. The fourth-order valence-corrected chi connectivity index (χ4v) is 2.06. The van der Waals surface area contributed by atoms with Crippen LogP contribution in [0.4, 0.5) is 5.69 Å². The molecule has 2 N–H and O–H groups in total. The average Bonchev–Trinajstić information content (AvgIpc) is 2.73. The summed E-state index contributed by atoms with van der Waals surface area (Å²) in [6, 6.07) is 8.11. The molecule has 0 fully saturated rings. The van der Waals surface area contributed by atoms with Gasteiger partial charge in [-0.25, -0.2) is 0 Å². The molecule has 0 aliphatic rings. The lowest BCUT2D eigenvalue weighted by atomic mass is 10.1. The van der Waals surface area contributed by atoms with Crippen molar-refractivity contribution < 1.29 is 4.74 Å². The zero-order valence-corrected chi connectivity index (χ0v) is 11.2. The molecule has 1 aromatic heterocycles. The van der Waals surface area contributed by atoms with Crippen LogP contribution >= 0.6 is 0 Å². The lowest BCUT2D eigenvalue weighted by molar-refractivity contribution is 0.117. The maximum atomic E-state index is 6.01. The molecule has 0 bridgehead atoms. The Morgan fingerprint density at radius 3 is 2.83 bits per heavy atom. The van der Waals surface area contributed by atoms with E-state index in [4.69, 9.17) is 10.5 Å². The maximum Gasteiger partial charge on any atom is 0.0714 e. The van der Waals surface area contributed by atoms with E-state index >= 15 is 0 Å². The number of fused-ring (bicyclic) bond motifs is 1. The highest BCUT2D eigenvalue weighted by Gasteiger charge is 2.03. The number of para-hydroxylation sites is 1. The number of aromatic nitrogens is 1. The van der Waals surface area contributed by atoms with Crippen LogP contribution in [-0.2, 0) is 11.3 Å². The van der Waals surface area contributed by atoms with E-state index < -0.39 is 0 Å². The van der Waals surface area contributed by atoms with Crippen LogP contribution in [0.15, 0.2) is 30.5 Å². The summed E-state index contributed by atoms with van der Waals surface area (Å²) >= 11 is 0. The zero-order valence-electron chi connectivity index (χ0n) is 11.2. The highest BCUT2D eigenvalue weighted by molar-refractivity contribution is 5.90. The topological polar surface area (TPSA) is 40.2 Å². The second kappa shape index (κ2) is 5.91. The Balaban J connectivity index is 1.92. The van der Waals surface area contributed by atoms with Gasteiger partial charge in [-0.1, -0.05) is 26.0 Å². The quantitative estimate of drug-likeness (QED) is 0.627. The van der Waals surface area contributed by atoms with E-state index in [2.05, 4.69) is 36.7 Å². The molecule has 0 atom stereocenters. The molecule has 18 heavy (non-hydrogen) atoms. The third-order valence-electron chi connectivity index (χ3n) is 3.14. The van der Waals surface area contributed by atoms with E-state index in [9.17, 15) is 0 Å². The molecule has 0 unspecified atom stereocenters. The van der Waals surface area contributed by atoms with Gasteiger partial charge in [0.25, 0.3) is 0 Å². The second-order valence-corrected chi connectivity index (χ2v) is 5.09. The van der Waals surface area contributed by atoms with Crippen LogP contribution in [0.5, 0.6) is 0 Å². The van der Waals surface area contributed by atoms with Crippen LogP contribution in [0, 0.1) is 5.92 Å². The van der Waals surface area contributed by atoms with Crippen molar-refractivity contribution in [1.29, 1.82) is 0 Å². The first-order valence-corrected chi connectivity index (χ1v) is 6.59. The molecule has 0 saturated carbocycles. The summed E-state index contributed by atoms with van der Waals surface area (Å²) in [4.78, 5) is 0. The van der Waals surface area contributed by atoms with Gasteiger partial charge in [-0.2, -0.15) is 0 Å². The fourth-order valence-electron chi connectivity index (χ4n) is 2.06. The Morgan fingerprint density at radius 1 is 1.22 bits per heavy atom. The smallest absolute Gasteiger partial charge is 0.0714 e. The van der Waals surface area contributed by atoms with Gasteiger partial charge in [-0.05, 0) is 24.5 Å². The molecule has 3 heteroatoms. The average molecular weight is 246 g/mol. The molecule has 3 nitrogen and oxygen atoms in total. The van der Waals surface area contributed by atoms with Gasteiger partial charge in [0.1, 0.15) is 0 Å². The fraction of sp³-hybridized carbons (Fsp3) is 0.467. The lowest BCUT2D eigenvalue weighted by Crippen LogP contribution is -2.07. The maximum absolute atomic E-state index is 6.01. The number of hydrogen-bond donors (Lipinski definition) is 1. The van der Waals surface area contributed by atoms with Crippen LogP contribution in [0.3, 0.4) is 0 Å². The van der Waals surface area contributed by atoms with Crippen molar-refractivity contribution in [2.75, 3.05) is 18.9 Å². The van der Waals surface area contributed by atoms with E-state index in [-0.39, 0.29) is 0 Å². The third-order valence-corrected chi connectivity index (χ3v) is 3.14. The van der Waals surface area contributed by atoms with Crippen LogP contribution in [0.2, 0.25) is 0 Å². The van der Waals surface area contributed by atoms with Crippen molar-refractivity contribution in [1.82, 2.24) is 4.57 Å². The highest BCUT2D eigenvalue weighted by Crippen LogP contribution is 2.21. The summed E-state index contributed by atoms with van der Waals surface area (Å²) in [6.45, 7) is 6.86. The summed E-state index contributed by atoms with van der Waals surface area (Å²) in [5.74, 6) is 0.702. The molecule has 0 spiro atoms. The molecular formula is C15H22N2O. The van der Waals surface area contributed by atoms with Gasteiger partial charge in [0.2, 0.25) is 0 Å². The highest BCUT2D eigenvalue weighted by atomic mass is 16.5. The van der Waals surface area contributed by atoms with Gasteiger partial charge in [-0.15, -0.1) is 0 Å². The Hall–Kier alpha value is -1.48. The second-order valence-electron chi connectivity index (χ2n) is 5.09. The van der Waals surface area contributed by atoms with E-state index in [0.29, 0.717) is 5.92 Å². The Bertz CT molecular complexity index is 502. The van der Waals surface area contributed by atoms with Crippen LogP contribution in [0.25, 0.3) is 10.9 Å². The number of nitrogens with two attached hydrogens (primary N) is 1. The molecule has 0 amide bonds. The molecule has 0 aliphatic carbocycles. The number of benzene rings is 1. The Morgan fingerprint density at radius 2 is 2.06 bits per heavy atom. The summed E-state index contributed by atoms with van der Waals surface area (Å²) in [6.07, 6.45) is 3.20.